The minimum absolute atomic E-state index is 0.100. The van der Waals surface area contributed by atoms with Gasteiger partial charge in [0.25, 0.3) is 5.56 Å². The van der Waals surface area contributed by atoms with E-state index >= 15 is 0 Å². The quantitative estimate of drug-likeness (QED) is 0.519. The topological polar surface area (TPSA) is 73.1 Å². The number of rotatable bonds is 4. The molecule has 0 fully saturated rings. The van der Waals surface area contributed by atoms with E-state index in [9.17, 15) is 18.8 Å². The lowest BCUT2D eigenvalue weighted by Gasteiger charge is -2.14. The van der Waals surface area contributed by atoms with Crippen molar-refractivity contribution in [2.24, 2.45) is 0 Å². The third kappa shape index (κ3) is 3.55. The molecule has 30 heavy (non-hydrogen) atoms. The van der Waals surface area contributed by atoms with Crippen LogP contribution in [0.5, 0.6) is 0 Å². The minimum Gasteiger partial charge on any atom is -0.323 e. The lowest BCUT2D eigenvalue weighted by atomic mass is 10.2. The summed E-state index contributed by atoms with van der Waals surface area (Å²) in [6.07, 6.45) is 0. The van der Waals surface area contributed by atoms with E-state index in [1.807, 2.05) is 6.07 Å². The van der Waals surface area contributed by atoms with E-state index in [0.29, 0.717) is 15.9 Å². The molecule has 9 heteroatoms. The van der Waals surface area contributed by atoms with Gasteiger partial charge in [-0.05, 0) is 48.2 Å². The molecule has 4 rings (SSSR count). The second-order valence-corrected chi connectivity index (χ2v) is 7.93. The molecular weight excluding hydrogens is 429 g/mol. The molecular formula is C21H15ClFN3O3S. The monoisotopic (exact) mass is 443 g/mol. The summed E-state index contributed by atoms with van der Waals surface area (Å²) in [6.45, 7) is 1.42. The summed E-state index contributed by atoms with van der Waals surface area (Å²) in [5, 5.41) is 4.37. The van der Waals surface area contributed by atoms with Gasteiger partial charge in [0, 0.05) is 0 Å². The van der Waals surface area contributed by atoms with Crippen LogP contribution in [-0.2, 0) is 11.3 Å². The predicted molar refractivity (Wildman–Crippen MR) is 116 cm³/mol. The minimum atomic E-state index is -0.638. The van der Waals surface area contributed by atoms with E-state index in [0.717, 1.165) is 16.2 Å². The number of nitrogens with zero attached hydrogens (tertiary/aromatic N) is 2. The highest BCUT2D eigenvalue weighted by Gasteiger charge is 2.19. The maximum atomic E-state index is 13.5. The number of fused-ring (bicyclic) bond motifs is 1. The van der Waals surface area contributed by atoms with Gasteiger partial charge in [-0.1, -0.05) is 29.8 Å². The van der Waals surface area contributed by atoms with Crippen LogP contribution in [0.15, 0.2) is 63.5 Å². The molecule has 0 aliphatic heterocycles. The molecule has 1 N–H and O–H groups in total. The number of carbonyl (C=O) groups excluding carboxylic acids is 1. The summed E-state index contributed by atoms with van der Waals surface area (Å²) in [4.78, 5) is 38.8. The Hall–Kier alpha value is -3.23. The van der Waals surface area contributed by atoms with E-state index < -0.39 is 23.0 Å². The lowest BCUT2D eigenvalue weighted by Crippen LogP contribution is -2.40. The van der Waals surface area contributed by atoms with Crippen LogP contribution < -0.4 is 16.6 Å². The number of benzene rings is 2. The van der Waals surface area contributed by atoms with Crippen LogP contribution in [0, 0.1) is 12.7 Å². The molecule has 0 atom stereocenters. The third-order valence-electron chi connectivity index (χ3n) is 4.62. The highest BCUT2D eigenvalue weighted by atomic mass is 35.5. The van der Waals surface area contributed by atoms with Gasteiger partial charge in [-0.25, -0.2) is 13.8 Å². The normalized spacial score (nSPS) is 11.0. The summed E-state index contributed by atoms with van der Waals surface area (Å²) in [6, 6.07) is 12.2. The standard InChI is InChI=1S/C21H15ClFN3O3S/c1-12-4-2-3-5-16(12)26-20(28)19-17(8-9-30-19)25(21(26)29)11-18(27)24-15-10-13(23)6-7-14(15)22/h2-10H,11H2,1H3,(H,24,27). The van der Waals surface area contributed by atoms with Crippen LogP contribution in [0.3, 0.4) is 0 Å². The van der Waals surface area contributed by atoms with Crippen LogP contribution in [0.2, 0.25) is 5.02 Å². The Morgan fingerprint density at radius 2 is 1.93 bits per heavy atom. The van der Waals surface area contributed by atoms with Gasteiger partial charge in [0.15, 0.2) is 0 Å². The van der Waals surface area contributed by atoms with Crippen molar-refractivity contribution in [1.29, 1.82) is 0 Å². The van der Waals surface area contributed by atoms with Gasteiger partial charge in [0.05, 0.1) is 21.9 Å². The van der Waals surface area contributed by atoms with Crippen molar-refractivity contribution in [2.75, 3.05) is 5.32 Å². The zero-order valence-corrected chi connectivity index (χ0v) is 17.3. The number of para-hydroxylation sites is 1. The average molecular weight is 444 g/mol. The Kier molecular flexibility index (Phi) is 5.27. The Balaban J connectivity index is 1.81. The number of hydrogen-bond donors (Lipinski definition) is 1. The molecule has 0 saturated carbocycles. The molecule has 2 heterocycles. The Labute approximate surface area is 178 Å². The highest BCUT2D eigenvalue weighted by molar-refractivity contribution is 7.17. The van der Waals surface area contributed by atoms with E-state index in [-0.39, 0.29) is 17.3 Å². The average Bonchev–Trinajstić information content (AvgIpc) is 3.20. The molecule has 0 saturated heterocycles. The highest BCUT2D eigenvalue weighted by Crippen LogP contribution is 2.23. The van der Waals surface area contributed by atoms with Gasteiger partial charge < -0.3 is 5.32 Å². The number of aryl methyl sites for hydroxylation is 1. The zero-order valence-electron chi connectivity index (χ0n) is 15.7. The first-order valence-electron chi connectivity index (χ1n) is 8.91. The first kappa shape index (κ1) is 20.1. The van der Waals surface area contributed by atoms with Crippen LogP contribution in [0.25, 0.3) is 15.9 Å². The number of thiophene rings is 1. The molecule has 2 aromatic carbocycles. The fraction of sp³-hybridized carbons (Fsp3) is 0.0952. The van der Waals surface area contributed by atoms with E-state index in [1.165, 1.54) is 28.0 Å². The Morgan fingerprint density at radius 3 is 2.70 bits per heavy atom. The van der Waals surface area contributed by atoms with Crippen molar-refractivity contribution in [1.82, 2.24) is 9.13 Å². The number of hydrogen-bond acceptors (Lipinski definition) is 4. The molecule has 0 unspecified atom stereocenters. The number of halogens is 2. The molecule has 0 aliphatic rings. The van der Waals surface area contributed by atoms with Gasteiger partial charge in [-0.15, -0.1) is 11.3 Å². The molecule has 0 aliphatic carbocycles. The summed E-state index contributed by atoms with van der Waals surface area (Å²) in [5.74, 6) is -1.13. The van der Waals surface area contributed by atoms with Crippen molar-refractivity contribution < 1.29 is 9.18 Å². The molecule has 2 aromatic heterocycles. The maximum Gasteiger partial charge on any atom is 0.336 e. The maximum absolute atomic E-state index is 13.5. The van der Waals surface area contributed by atoms with Crippen molar-refractivity contribution in [3.63, 3.8) is 0 Å². The molecule has 0 bridgehead atoms. The van der Waals surface area contributed by atoms with Crippen molar-refractivity contribution in [3.05, 3.63) is 91.2 Å². The summed E-state index contributed by atoms with van der Waals surface area (Å²) in [7, 11) is 0. The largest absolute Gasteiger partial charge is 0.336 e. The van der Waals surface area contributed by atoms with E-state index in [4.69, 9.17) is 11.6 Å². The summed E-state index contributed by atoms with van der Waals surface area (Å²) < 4.78 is 16.1. The van der Waals surface area contributed by atoms with Crippen LogP contribution in [-0.4, -0.2) is 15.0 Å². The van der Waals surface area contributed by atoms with Gasteiger partial charge in [0.1, 0.15) is 17.1 Å². The van der Waals surface area contributed by atoms with Crippen molar-refractivity contribution >= 4 is 44.7 Å². The second-order valence-electron chi connectivity index (χ2n) is 6.60. The number of aromatic nitrogens is 2. The summed E-state index contributed by atoms with van der Waals surface area (Å²) >= 11 is 7.19. The molecule has 6 nitrogen and oxygen atoms in total. The van der Waals surface area contributed by atoms with Crippen molar-refractivity contribution in [2.45, 2.75) is 13.5 Å². The fourth-order valence-electron chi connectivity index (χ4n) is 3.19. The fourth-order valence-corrected chi connectivity index (χ4v) is 4.18. The van der Waals surface area contributed by atoms with Gasteiger partial charge in [0.2, 0.25) is 5.91 Å². The van der Waals surface area contributed by atoms with Gasteiger partial charge in [-0.2, -0.15) is 0 Å². The van der Waals surface area contributed by atoms with Gasteiger partial charge in [-0.3, -0.25) is 14.2 Å². The second kappa shape index (κ2) is 7.89. The van der Waals surface area contributed by atoms with Crippen LogP contribution in [0.1, 0.15) is 5.56 Å². The number of carbonyl (C=O) groups is 1. The predicted octanol–water partition coefficient (Wildman–Crippen LogP) is 3.95. The molecule has 0 spiro atoms. The smallest absolute Gasteiger partial charge is 0.323 e. The molecule has 1 amide bonds. The Bertz CT molecular complexity index is 1410. The number of nitrogens with one attached hydrogen (secondary N) is 1. The van der Waals surface area contributed by atoms with E-state index in [1.54, 1.807) is 36.6 Å². The molecule has 152 valence electrons. The van der Waals surface area contributed by atoms with Crippen LogP contribution in [0.4, 0.5) is 10.1 Å². The lowest BCUT2D eigenvalue weighted by molar-refractivity contribution is -0.116. The SMILES string of the molecule is Cc1ccccc1-n1c(=O)c2sccc2n(CC(=O)Nc2cc(F)ccc2Cl)c1=O. The number of anilines is 1. The number of amides is 1. The zero-order chi connectivity index (χ0) is 21.4. The third-order valence-corrected chi connectivity index (χ3v) is 5.84. The Morgan fingerprint density at radius 1 is 1.17 bits per heavy atom. The first-order valence-corrected chi connectivity index (χ1v) is 10.2. The first-order chi connectivity index (χ1) is 14.4. The summed E-state index contributed by atoms with van der Waals surface area (Å²) in [5.41, 5.74) is 0.578. The van der Waals surface area contributed by atoms with E-state index in [2.05, 4.69) is 5.32 Å². The molecule has 0 radical (unpaired) electrons. The van der Waals surface area contributed by atoms with Crippen molar-refractivity contribution in [3.8, 4) is 5.69 Å². The van der Waals surface area contributed by atoms with Gasteiger partial charge >= 0.3 is 5.69 Å². The molecule has 4 aromatic rings. The van der Waals surface area contributed by atoms with Crippen LogP contribution >= 0.6 is 22.9 Å².